The van der Waals surface area contributed by atoms with Gasteiger partial charge in [-0.3, -0.25) is 0 Å². The molecule has 0 spiro atoms. The Morgan fingerprint density at radius 2 is 1.73 bits per heavy atom. The normalized spacial score (nSPS) is 19.7. The van der Waals surface area contributed by atoms with Crippen LogP contribution in [-0.2, 0) is 11.3 Å². The fourth-order valence-corrected chi connectivity index (χ4v) is 5.50. The highest BCUT2D eigenvalue weighted by Gasteiger charge is 2.50. The van der Waals surface area contributed by atoms with Crippen molar-refractivity contribution in [3.05, 3.63) is 77.8 Å². The molecule has 2 atom stereocenters. The number of hydrogen-bond acceptors (Lipinski definition) is 6. The van der Waals surface area contributed by atoms with Crippen molar-refractivity contribution in [3.8, 4) is 11.6 Å². The summed E-state index contributed by atoms with van der Waals surface area (Å²) < 4.78 is 41.4. The van der Waals surface area contributed by atoms with Crippen molar-refractivity contribution in [2.75, 3.05) is 13.1 Å². The molecule has 2 aromatic heterocycles. The minimum absolute atomic E-state index is 0.00794. The van der Waals surface area contributed by atoms with E-state index in [1.165, 1.54) is 23.0 Å². The van der Waals surface area contributed by atoms with Crippen LogP contribution in [0.15, 0.2) is 54.7 Å². The van der Waals surface area contributed by atoms with Gasteiger partial charge in [-0.25, -0.2) is 23.2 Å². The summed E-state index contributed by atoms with van der Waals surface area (Å²) in [6.45, 7) is 10.9. The number of piperidine rings is 2. The highest BCUT2D eigenvalue weighted by molar-refractivity contribution is 5.81. The van der Waals surface area contributed by atoms with Gasteiger partial charge in [-0.15, -0.1) is 0 Å². The van der Waals surface area contributed by atoms with E-state index < -0.39 is 17.2 Å². The Hall–Kier alpha value is -4.08. The molecule has 1 saturated carbocycles. The predicted molar refractivity (Wildman–Crippen MR) is 151 cm³/mol. The molecule has 1 amide bonds. The molecule has 2 saturated heterocycles. The number of aromatic nitrogens is 4. The Morgan fingerprint density at radius 3 is 2.39 bits per heavy atom. The Kier molecular flexibility index (Phi) is 7.93. The molecule has 0 radical (unpaired) electrons. The zero-order valence-electron chi connectivity index (χ0n) is 24.0. The highest BCUT2D eigenvalue weighted by Crippen LogP contribution is 2.51. The van der Waals surface area contributed by atoms with E-state index in [0.29, 0.717) is 35.8 Å². The zero-order valence-corrected chi connectivity index (χ0v) is 24.0. The molecule has 216 valence electrons. The van der Waals surface area contributed by atoms with Crippen molar-refractivity contribution in [2.45, 2.75) is 59.2 Å². The molecule has 2 aliphatic heterocycles. The van der Waals surface area contributed by atoms with E-state index in [4.69, 9.17) is 19.4 Å². The smallest absolute Gasteiger partial charge is 0.410 e. The first-order valence-electron chi connectivity index (χ1n) is 14.0. The maximum atomic E-state index is 14.7. The lowest BCUT2D eigenvalue weighted by molar-refractivity contribution is -0.0306. The first-order valence-corrected chi connectivity index (χ1v) is 14.0. The molecule has 3 fully saturated rings. The fourth-order valence-electron chi connectivity index (χ4n) is 5.50. The van der Waals surface area contributed by atoms with E-state index in [9.17, 15) is 13.6 Å². The molecule has 2 aromatic carbocycles. The average Bonchev–Trinajstić information content (AvgIpc) is 3.36. The molecule has 2 bridgehead atoms. The monoisotopic (exact) mass is 563 g/mol. The summed E-state index contributed by atoms with van der Waals surface area (Å²) >= 11 is 0. The van der Waals surface area contributed by atoms with Crippen LogP contribution in [0.1, 0.15) is 58.3 Å². The summed E-state index contributed by atoms with van der Waals surface area (Å²) in [7, 11) is 0. The van der Waals surface area contributed by atoms with Gasteiger partial charge < -0.3 is 14.4 Å². The second-order valence-electron chi connectivity index (χ2n) is 11.2. The van der Waals surface area contributed by atoms with Gasteiger partial charge in [-0.05, 0) is 56.7 Å². The number of rotatable bonds is 5. The van der Waals surface area contributed by atoms with Crippen LogP contribution in [0.3, 0.4) is 0 Å². The molecule has 41 heavy (non-hydrogen) atoms. The number of carbonyl (C=O) groups is 1. The third-order valence-electron chi connectivity index (χ3n) is 7.25. The number of benzene rings is 2. The molecule has 0 N–H and O–H groups in total. The summed E-state index contributed by atoms with van der Waals surface area (Å²) in [5.41, 5.74) is 0.861. The first-order chi connectivity index (χ1) is 19.7. The van der Waals surface area contributed by atoms with Gasteiger partial charge in [0.25, 0.3) is 0 Å². The molecule has 7 rings (SSSR count). The lowest BCUT2D eigenvalue weighted by atomic mass is 9.61. The Labute approximate surface area is 238 Å². The SMILES string of the molecule is CC.CC(C)(C)OC(=O)N1CC2CC(C1)C2c1nc(OCc2ccccc2)c2cnn(-c3ccc(F)cc3F)c2n1. The van der Waals surface area contributed by atoms with Crippen LogP contribution < -0.4 is 4.74 Å². The molecular weight excluding hydrogens is 528 g/mol. The third-order valence-corrected chi connectivity index (χ3v) is 7.25. The van der Waals surface area contributed by atoms with Crippen LogP contribution in [0.2, 0.25) is 0 Å². The van der Waals surface area contributed by atoms with E-state index >= 15 is 0 Å². The van der Waals surface area contributed by atoms with E-state index in [0.717, 1.165) is 18.1 Å². The quantitative estimate of drug-likeness (QED) is 0.270. The van der Waals surface area contributed by atoms with Crippen molar-refractivity contribution in [3.63, 3.8) is 0 Å². The predicted octanol–water partition coefficient (Wildman–Crippen LogP) is 6.67. The first kappa shape index (κ1) is 28.4. The molecule has 4 aromatic rings. The van der Waals surface area contributed by atoms with Crippen LogP contribution in [0.4, 0.5) is 13.6 Å². The third kappa shape index (κ3) is 5.87. The van der Waals surface area contributed by atoms with Crippen LogP contribution in [0.25, 0.3) is 16.7 Å². The van der Waals surface area contributed by atoms with Gasteiger partial charge in [0.15, 0.2) is 11.5 Å². The van der Waals surface area contributed by atoms with Crippen LogP contribution in [0.5, 0.6) is 5.88 Å². The maximum absolute atomic E-state index is 14.7. The van der Waals surface area contributed by atoms with Crippen LogP contribution in [-0.4, -0.2) is 49.4 Å². The molecule has 10 heteroatoms. The summed E-state index contributed by atoms with van der Waals surface area (Å²) in [6.07, 6.45) is 2.18. The summed E-state index contributed by atoms with van der Waals surface area (Å²) in [4.78, 5) is 24.1. The van der Waals surface area contributed by atoms with E-state index in [1.807, 2.05) is 65.0 Å². The molecule has 2 unspecified atom stereocenters. The topological polar surface area (TPSA) is 82.4 Å². The van der Waals surface area contributed by atoms with Crippen molar-refractivity contribution in [1.82, 2.24) is 24.6 Å². The average molecular weight is 564 g/mol. The standard InChI is InChI=1S/C29H29F2N5O3.C2H6/c1-29(2,3)39-28(37)35-14-18-11-19(15-35)24(18)25-33-26-21(27(34-25)38-16-17-7-5-4-6-8-17)13-32-36(26)23-10-9-20(30)12-22(23)31;1-2/h4-10,12-13,18-19,24H,11,14-16H2,1-3H3;1-2H3. The molecule has 1 aliphatic carbocycles. The molecule has 8 nitrogen and oxygen atoms in total. The molecular formula is C31H35F2N5O3. The number of fused-ring (bicyclic) bond motifs is 3. The highest BCUT2D eigenvalue weighted by atomic mass is 19.1. The minimum Gasteiger partial charge on any atom is -0.472 e. The number of ether oxygens (including phenoxy) is 2. The fraction of sp³-hybridized carbons (Fsp3) is 0.419. The molecule has 4 heterocycles. The summed E-state index contributed by atoms with van der Waals surface area (Å²) in [6, 6.07) is 13.0. The lowest BCUT2D eigenvalue weighted by Crippen LogP contribution is -2.56. The second kappa shape index (κ2) is 11.4. The summed E-state index contributed by atoms with van der Waals surface area (Å²) in [5, 5.41) is 4.89. The van der Waals surface area contributed by atoms with Crippen molar-refractivity contribution < 1.29 is 23.0 Å². The maximum Gasteiger partial charge on any atom is 0.410 e. The van der Waals surface area contributed by atoms with Gasteiger partial charge in [0, 0.05) is 25.1 Å². The van der Waals surface area contributed by atoms with Crippen LogP contribution >= 0.6 is 0 Å². The van der Waals surface area contributed by atoms with Gasteiger partial charge in [-0.1, -0.05) is 44.2 Å². The largest absolute Gasteiger partial charge is 0.472 e. The van der Waals surface area contributed by atoms with Crippen molar-refractivity contribution in [1.29, 1.82) is 0 Å². The number of carbonyl (C=O) groups excluding carboxylic acids is 1. The number of halogens is 2. The van der Waals surface area contributed by atoms with Crippen molar-refractivity contribution in [2.24, 2.45) is 11.8 Å². The van der Waals surface area contributed by atoms with Gasteiger partial charge in [0.05, 0.1) is 6.20 Å². The van der Waals surface area contributed by atoms with Gasteiger partial charge in [0.2, 0.25) is 5.88 Å². The zero-order chi connectivity index (χ0) is 29.3. The second-order valence-corrected chi connectivity index (χ2v) is 11.2. The number of hydrogen-bond donors (Lipinski definition) is 0. The Morgan fingerprint density at radius 1 is 1.02 bits per heavy atom. The van der Waals surface area contributed by atoms with Crippen molar-refractivity contribution >= 4 is 17.1 Å². The number of amides is 1. The van der Waals surface area contributed by atoms with E-state index in [2.05, 4.69) is 5.10 Å². The van der Waals surface area contributed by atoms with Gasteiger partial charge in [0.1, 0.15) is 34.9 Å². The number of nitrogens with zero attached hydrogens (tertiary/aromatic N) is 5. The minimum atomic E-state index is -0.750. The van der Waals surface area contributed by atoms with Gasteiger partial charge in [-0.2, -0.15) is 10.1 Å². The lowest BCUT2D eigenvalue weighted by Gasteiger charge is -2.52. The van der Waals surface area contributed by atoms with E-state index in [-0.39, 0.29) is 36.1 Å². The Balaban J connectivity index is 0.00000165. The molecule has 3 aliphatic rings. The summed E-state index contributed by atoms with van der Waals surface area (Å²) in [5.74, 6) is -0.175. The van der Waals surface area contributed by atoms with Gasteiger partial charge >= 0.3 is 6.09 Å². The Bertz CT molecular complexity index is 1520. The van der Waals surface area contributed by atoms with Crippen LogP contribution in [0, 0.1) is 23.5 Å². The van der Waals surface area contributed by atoms with E-state index in [1.54, 1.807) is 4.90 Å².